The predicted octanol–water partition coefficient (Wildman–Crippen LogP) is 4.69. The Labute approximate surface area is 161 Å². The number of halogens is 5. The molecular weight excluding hydrogens is 406 g/mol. The molecule has 0 saturated carbocycles. The van der Waals surface area contributed by atoms with Crippen LogP contribution in [-0.4, -0.2) is 30.4 Å². The smallest absolute Gasteiger partial charge is 0.418 e. The lowest BCUT2D eigenvalue weighted by atomic mass is 9.88. The first-order valence-electron chi connectivity index (χ1n) is 7.79. The molecule has 1 unspecified atom stereocenters. The van der Waals surface area contributed by atoms with E-state index in [1.54, 1.807) is 0 Å². The van der Waals surface area contributed by atoms with Crippen LogP contribution in [0.15, 0.2) is 36.4 Å². The van der Waals surface area contributed by atoms with Gasteiger partial charge in [0.1, 0.15) is 5.75 Å². The number of ether oxygens (including phenoxy) is 1. The summed E-state index contributed by atoms with van der Waals surface area (Å²) in [6.07, 6.45) is -7.74. The third kappa shape index (κ3) is 3.15. The number of carbonyl (C=O) groups excluding carboxylic acids is 1. The average molecular weight is 418 g/mol. The number of methoxy groups -OCH3 is 1. The van der Waals surface area contributed by atoms with Gasteiger partial charge in [0, 0.05) is 16.1 Å². The molecule has 3 rings (SSSR count). The molecule has 1 heterocycles. The molecule has 1 atom stereocenters. The minimum absolute atomic E-state index is 0.0599. The van der Waals surface area contributed by atoms with Crippen molar-refractivity contribution in [1.82, 2.24) is 0 Å². The van der Waals surface area contributed by atoms with Gasteiger partial charge in [-0.25, -0.2) is 14.1 Å². The molecule has 5 nitrogen and oxygen atoms in total. The van der Waals surface area contributed by atoms with E-state index in [-0.39, 0.29) is 26.8 Å². The Kier molecular flexibility index (Phi) is 4.74. The number of imide groups is 1. The zero-order valence-electron chi connectivity index (χ0n) is 14.2. The van der Waals surface area contributed by atoms with E-state index < -0.39 is 41.5 Å². The summed E-state index contributed by atoms with van der Waals surface area (Å²) in [6.45, 7) is 0. The highest BCUT2D eigenvalue weighted by Crippen LogP contribution is 2.50. The van der Waals surface area contributed by atoms with Gasteiger partial charge in [-0.2, -0.15) is 13.2 Å². The molecule has 10 heteroatoms. The predicted molar refractivity (Wildman–Crippen MR) is 91.6 cm³/mol. The van der Waals surface area contributed by atoms with Crippen LogP contribution in [0.2, 0.25) is 5.02 Å². The van der Waals surface area contributed by atoms with E-state index >= 15 is 4.39 Å². The second-order valence-electron chi connectivity index (χ2n) is 6.07. The van der Waals surface area contributed by atoms with Crippen LogP contribution < -0.4 is 9.64 Å². The van der Waals surface area contributed by atoms with Gasteiger partial charge >= 0.3 is 12.3 Å². The Morgan fingerprint density at radius 1 is 1.21 bits per heavy atom. The molecule has 1 N–H and O–H groups in total. The number of rotatable bonds is 3. The molecule has 28 heavy (non-hydrogen) atoms. The van der Waals surface area contributed by atoms with Crippen LogP contribution in [0.25, 0.3) is 0 Å². The lowest BCUT2D eigenvalue weighted by molar-refractivity contribution is -0.127. The lowest BCUT2D eigenvalue weighted by Gasteiger charge is -2.22. The Balaban J connectivity index is 2.25. The van der Waals surface area contributed by atoms with Gasteiger partial charge in [0.2, 0.25) is 5.67 Å². The summed E-state index contributed by atoms with van der Waals surface area (Å²) in [5.74, 6) is -1.56. The van der Waals surface area contributed by atoms with Gasteiger partial charge in [-0.05, 0) is 29.8 Å². The maximum absolute atomic E-state index is 16.1. The standard InChI is InChI=1S/C18H12ClF4NO4/c1-28-14-5-3-10(19)7-12(14)18(23)11-4-2-9(8-17(20,21)22)6-13(11)24(15(18)25)16(26)27/h2-7H,8H2,1H3,(H,26,27). The topological polar surface area (TPSA) is 66.8 Å². The van der Waals surface area contributed by atoms with Crippen LogP contribution in [0.4, 0.5) is 28.0 Å². The minimum atomic E-state index is -4.56. The molecule has 0 aromatic heterocycles. The van der Waals surface area contributed by atoms with Crippen molar-refractivity contribution in [2.24, 2.45) is 0 Å². The fourth-order valence-electron chi connectivity index (χ4n) is 3.17. The minimum Gasteiger partial charge on any atom is -0.496 e. The maximum Gasteiger partial charge on any atom is 0.418 e. The van der Waals surface area contributed by atoms with Crippen LogP contribution in [0, 0.1) is 0 Å². The molecule has 0 spiro atoms. The van der Waals surface area contributed by atoms with Crippen molar-refractivity contribution >= 4 is 29.3 Å². The van der Waals surface area contributed by atoms with Crippen molar-refractivity contribution in [3.05, 3.63) is 58.1 Å². The molecule has 148 valence electrons. The molecule has 2 amide bonds. The molecule has 0 aliphatic carbocycles. The normalized spacial score (nSPS) is 18.9. The Morgan fingerprint density at radius 2 is 1.89 bits per heavy atom. The van der Waals surface area contributed by atoms with Gasteiger partial charge in [-0.1, -0.05) is 23.7 Å². The largest absolute Gasteiger partial charge is 0.496 e. The van der Waals surface area contributed by atoms with E-state index in [1.165, 1.54) is 19.2 Å². The molecule has 1 aliphatic rings. The van der Waals surface area contributed by atoms with Crippen molar-refractivity contribution in [2.75, 3.05) is 12.0 Å². The first-order chi connectivity index (χ1) is 13.0. The third-order valence-corrected chi connectivity index (χ3v) is 4.54. The Bertz CT molecular complexity index is 979. The van der Waals surface area contributed by atoms with E-state index in [1.807, 2.05) is 0 Å². The Morgan fingerprint density at radius 3 is 2.46 bits per heavy atom. The van der Waals surface area contributed by atoms with E-state index in [4.69, 9.17) is 16.3 Å². The first-order valence-corrected chi connectivity index (χ1v) is 8.17. The molecule has 0 radical (unpaired) electrons. The van der Waals surface area contributed by atoms with Crippen LogP contribution >= 0.6 is 11.6 Å². The van der Waals surface area contributed by atoms with Crippen LogP contribution in [0.5, 0.6) is 5.75 Å². The SMILES string of the molecule is COc1ccc(Cl)cc1C1(F)C(=O)N(C(=O)O)c2cc(CC(F)(F)F)ccc21. The quantitative estimate of drug-likeness (QED) is 0.736. The summed E-state index contributed by atoms with van der Waals surface area (Å²) in [7, 11) is 1.22. The average Bonchev–Trinajstić information content (AvgIpc) is 2.81. The zero-order chi connectivity index (χ0) is 20.9. The van der Waals surface area contributed by atoms with Crippen molar-refractivity contribution in [1.29, 1.82) is 0 Å². The van der Waals surface area contributed by atoms with E-state index in [0.29, 0.717) is 0 Å². The van der Waals surface area contributed by atoms with Gasteiger partial charge < -0.3 is 9.84 Å². The fraction of sp³-hybridized carbons (Fsp3) is 0.222. The molecular formula is C18H12ClF4NO4. The number of hydrogen-bond donors (Lipinski definition) is 1. The molecule has 2 aromatic carbocycles. The lowest BCUT2D eigenvalue weighted by Crippen LogP contribution is -2.41. The number of carboxylic acid groups (broad SMARTS) is 1. The second kappa shape index (κ2) is 6.66. The van der Waals surface area contributed by atoms with E-state index in [9.17, 15) is 27.9 Å². The number of hydrogen-bond acceptors (Lipinski definition) is 3. The fourth-order valence-corrected chi connectivity index (χ4v) is 3.35. The van der Waals surface area contributed by atoms with Gasteiger partial charge in [0.15, 0.2) is 0 Å². The molecule has 0 fully saturated rings. The van der Waals surface area contributed by atoms with Crippen LogP contribution in [0.1, 0.15) is 16.7 Å². The highest BCUT2D eigenvalue weighted by atomic mass is 35.5. The number of nitrogens with zero attached hydrogens (tertiary/aromatic N) is 1. The third-order valence-electron chi connectivity index (χ3n) is 4.30. The van der Waals surface area contributed by atoms with E-state index in [0.717, 1.165) is 24.3 Å². The van der Waals surface area contributed by atoms with Crippen molar-refractivity contribution in [2.45, 2.75) is 18.3 Å². The van der Waals surface area contributed by atoms with E-state index in [2.05, 4.69) is 0 Å². The summed E-state index contributed by atoms with van der Waals surface area (Å²) in [5, 5.41) is 9.43. The molecule has 2 aromatic rings. The first kappa shape index (κ1) is 19.9. The van der Waals surface area contributed by atoms with Gasteiger partial charge in [0.05, 0.1) is 19.2 Å². The van der Waals surface area contributed by atoms with Gasteiger partial charge in [-0.15, -0.1) is 0 Å². The summed E-state index contributed by atoms with van der Waals surface area (Å²) in [6, 6.07) is 6.60. The Hall–Kier alpha value is -2.81. The number of alkyl halides is 4. The summed E-state index contributed by atoms with van der Waals surface area (Å²) in [5.41, 5.74) is -4.55. The van der Waals surface area contributed by atoms with Crippen molar-refractivity contribution in [3.63, 3.8) is 0 Å². The number of carbonyl (C=O) groups is 2. The molecule has 0 saturated heterocycles. The highest BCUT2D eigenvalue weighted by molar-refractivity contribution is 6.31. The summed E-state index contributed by atoms with van der Waals surface area (Å²) >= 11 is 5.90. The number of anilines is 1. The van der Waals surface area contributed by atoms with Gasteiger partial charge in [0.25, 0.3) is 5.91 Å². The van der Waals surface area contributed by atoms with Gasteiger partial charge in [-0.3, -0.25) is 4.79 Å². The molecule has 1 aliphatic heterocycles. The second-order valence-corrected chi connectivity index (χ2v) is 6.51. The van der Waals surface area contributed by atoms with Crippen LogP contribution in [-0.2, 0) is 16.9 Å². The number of amides is 2. The molecule has 0 bridgehead atoms. The number of benzene rings is 2. The monoisotopic (exact) mass is 417 g/mol. The maximum atomic E-state index is 16.1. The van der Waals surface area contributed by atoms with Crippen molar-refractivity contribution in [3.8, 4) is 5.75 Å². The summed E-state index contributed by atoms with van der Waals surface area (Å²) in [4.78, 5) is 24.4. The van der Waals surface area contributed by atoms with Crippen LogP contribution in [0.3, 0.4) is 0 Å². The zero-order valence-corrected chi connectivity index (χ0v) is 14.9. The summed E-state index contributed by atoms with van der Waals surface area (Å²) < 4.78 is 59.2. The number of fused-ring (bicyclic) bond motifs is 1. The highest BCUT2D eigenvalue weighted by Gasteiger charge is 2.57. The van der Waals surface area contributed by atoms with Crippen molar-refractivity contribution < 1.29 is 37.0 Å².